The van der Waals surface area contributed by atoms with E-state index in [1.807, 2.05) is 68.6 Å². The van der Waals surface area contributed by atoms with Crippen molar-refractivity contribution >= 4 is 45.5 Å². The maximum Gasteiger partial charge on any atom is 0.326 e. The number of benzene rings is 2. The van der Waals surface area contributed by atoms with Crippen molar-refractivity contribution in [2.24, 2.45) is 11.7 Å². The van der Waals surface area contributed by atoms with E-state index in [9.17, 15) is 24.3 Å². The first kappa shape index (κ1) is 32.9. The van der Waals surface area contributed by atoms with Gasteiger partial charge in [0.15, 0.2) is 0 Å². The highest BCUT2D eigenvalue weighted by atomic mass is 16.4. The minimum Gasteiger partial charge on any atom is -0.480 e. The molecule has 0 fully saturated rings. The largest absolute Gasteiger partial charge is 0.480 e. The van der Waals surface area contributed by atoms with Gasteiger partial charge in [-0.25, -0.2) is 9.78 Å². The van der Waals surface area contributed by atoms with Crippen LogP contribution in [0.5, 0.6) is 0 Å². The molecule has 0 bridgehead atoms. The Morgan fingerprint density at radius 2 is 1.30 bits per heavy atom. The van der Waals surface area contributed by atoms with Crippen molar-refractivity contribution in [1.82, 2.24) is 35.9 Å². The second kappa shape index (κ2) is 14.8. The van der Waals surface area contributed by atoms with Gasteiger partial charge < -0.3 is 41.7 Å². The quantitative estimate of drug-likeness (QED) is 0.0855. The van der Waals surface area contributed by atoms with Gasteiger partial charge in [0.25, 0.3) is 0 Å². The van der Waals surface area contributed by atoms with Crippen LogP contribution in [-0.4, -0.2) is 72.9 Å². The summed E-state index contributed by atoms with van der Waals surface area (Å²) >= 11 is 0. The van der Waals surface area contributed by atoms with Crippen LogP contribution in [0.1, 0.15) is 37.1 Å². The number of aromatic nitrogens is 4. The first-order valence-corrected chi connectivity index (χ1v) is 15.6. The number of nitrogens with one attached hydrogen (secondary N) is 6. The summed E-state index contributed by atoms with van der Waals surface area (Å²) in [7, 11) is 0. The van der Waals surface area contributed by atoms with Crippen LogP contribution in [0.25, 0.3) is 21.8 Å². The van der Waals surface area contributed by atoms with Gasteiger partial charge in [-0.15, -0.1) is 0 Å². The number of carbonyl (C=O) groups is 4. The number of amides is 3. The third kappa shape index (κ3) is 8.24. The van der Waals surface area contributed by atoms with Gasteiger partial charge in [0, 0.05) is 58.9 Å². The molecule has 5 rings (SSSR count). The Kier molecular flexibility index (Phi) is 10.4. The minimum absolute atomic E-state index is 0.0163. The maximum atomic E-state index is 13.8. The predicted molar refractivity (Wildman–Crippen MR) is 177 cm³/mol. The molecule has 0 aliphatic heterocycles. The van der Waals surface area contributed by atoms with Crippen LogP contribution in [0.3, 0.4) is 0 Å². The minimum atomic E-state index is -1.28. The summed E-state index contributed by atoms with van der Waals surface area (Å²) in [5.74, 6) is -2.98. The van der Waals surface area contributed by atoms with Gasteiger partial charge in [-0.1, -0.05) is 50.2 Å². The molecule has 0 saturated carbocycles. The summed E-state index contributed by atoms with van der Waals surface area (Å²) in [6.07, 6.45) is 7.06. The smallest absolute Gasteiger partial charge is 0.326 e. The first-order chi connectivity index (χ1) is 22.6. The number of imidazole rings is 1. The van der Waals surface area contributed by atoms with Gasteiger partial charge in [0.05, 0.1) is 12.4 Å². The highest BCUT2D eigenvalue weighted by Crippen LogP contribution is 2.21. The number of hydrogen-bond donors (Lipinski definition) is 8. The molecule has 3 heterocycles. The summed E-state index contributed by atoms with van der Waals surface area (Å²) in [6.45, 7) is 3.84. The molecule has 0 saturated heterocycles. The molecule has 4 atom stereocenters. The molecule has 0 aliphatic rings. The number of carbonyl (C=O) groups excluding carboxylic acids is 3. The molecule has 4 unspecified atom stereocenters. The zero-order chi connectivity index (χ0) is 33.5. The molecular formula is C34H40N8O5. The van der Waals surface area contributed by atoms with Crippen LogP contribution in [0, 0.1) is 5.92 Å². The number of fused-ring (bicyclic) bond motifs is 2. The molecule has 2 aromatic carbocycles. The number of carboxylic acid groups (broad SMARTS) is 1. The number of rotatable bonds is 15. The maximum absolute atomic E-state index is 13.8. The van der Waals surface area contributed by atoms with Crippen LogP contribution in [0.15, 0.2) is 73.4 Å². The Labute approximate surface area is 271 Å². The molecule has 246 valence electrons. The van der Waals surface area contributed by atoms with Gasteiger partial charge in [-0.3, -0.25) is 14.4 Å². The average molecular weight is 641 g/mol. The Bertz CT molecular complexity index is 1840. The normalized spacial score (nSPS) is 14.0. The number of aliphatic carboxylic acids is 1. The lowest BCUT2D eigenvalue weighted by Crippen LogP contribution is -2.58. The fourth-order valence-electron chi connectivity index (χ4n) is 5.70. The fourth-order valence-corrected chi connectivity index (χ4v) is 5.70. The van der Waals surface area contributed by atoms with Gasteiger partial charge in [0.2, 0.25) is 17.7 Å². The number of H-pyrrole nitrogens is 3. The highest BCUT2D eigenvalue weighted by Gasteiger charge is 2.32. The average Bonchev–Trinajstić information content (AvgIpc) is 3.81. The summed E-state index contributed by atoms with van der Waals surface area (Å²) < 4.78 is 0. The van der Waals surface area contributed by atoms with E-state index in [4.69, 9.17) is 5.73 Å². The van der Waals surface area contributed by atoms with Crippen molar-refractivity contribution in [3.05, 3.63) is 90.3 Å². The zero-order valence-corrected chi connectivity index (χ0v) is 26.2. The van der Waals surface area contributed by atoms with Gasteiger partial charge >= 0.3 is 5.97 Å². The van der Waals surface area contributed by atoms with Crippen LogP contribution in [-0.2, 0) is 38.4 Å². The van der Waals surface area contributed by atoms with Crippen LogP contribution < -0.4 is 21.7 Å². The van der Waals surface area contributed by atoms with Gasteiger partial charge in [-0.2, -0.15) is 0 Å². The van der Waals surface area contributed by atoms with Crippen molar-refractivity contribution in [3.8, 4) is 0 Å². The number of aromatic amines is 3. The Balaban J connectivity index is 1.34. The summed E-state index contributed by atoms with van der Waals surface area (Å²) in [5.41, 5.74) is 10.3. The van der Waals surface area contributed by atoms with E-state index in [1.54, 1.807) is 6.20 Å². The van der Waals surface area contributed by atoms with E-state index in [1.165, 1.54) is 12.5 Å². The van der Waals surface area contributed by atoms with Crippen molar-refractivity contribution in [2.45, 2.75) is 63.7 Å². The Hall–Kier alpha value is -5.43. The van der Waals surface area contributed by atoms with Crippen molar-refractivity contribution in [1.29, 1.82) is 0 Å². The van der Waals surface area contributed by atoms with E-state index in [0.717, 1.165) is 32.9 Å². The molecule has 13 nitrogen and oxygen atoms in total. The van der Waals surface area contributed by atoms with E-state index >= 15 is 0 Å². The highest BCUT2D eigenvalue weighted by molar-refractivity contribution is 5.95. The molecular weight excluding hydrogens is 600 g/mol. The molecule has 3 aromatic heterocycles. The summed E-state index contributed by atoms with van der Waals surface area (Å²) in [6, 6.07) is 10.9. The molecule has 0 aliphatic carbocycles. The Morgan fingerprint density at radius 1 is 0.745 bits per heavy atom. The van der Waals surface area contributed by atoms with Crippen LogP contribution >= 0.6 is 0 Å². The van der Waals surface area contributed by atoms with Crippen molar-refractivity contribution in [3.63, 3.8) is 0 Å². The zero-order valence-electron chi connectivity index (χ0n) is 26.2. The standard InChI is InChI=1S/C34H40N8O5/c1-19(2)11-28(40-31(43)25(35)12-20-15-37-26-9-5-3-7-23(20)26)32(44)41-29(13-21-16-38-27-10-6-4-8-24(21)27)33(45)42-30(34(46)47)14-22-17-36-18-39-22/h3-10,15-19,25,28-30,37-38H,11-14,35H2,1-2H3,(H,36,39)(H,40,43)(H,41,44)(H,42,45)(H,46,47). The third-order valence-electron chi connectivity index (χ3n) is 8.12. The fraction of sp³-hybridized carbons (Fsp3) is 0.324. The van der Waals surface area contributed by atoms with Gasteiger partial charge in [-0.05, 0) is 42.0 Å². The number of carboxylic acids is 1. The number of hydrogen-bond acceptors (Lipinski definition) is 6. The Morgan fingerprint density at radius 3 is 1.87 bits per heavy atom. The van der Waals surface area contributed by atoms with Crippen molar-refractivity contribution in [2.75, 3.05) is 0 Å². The second-order valence-corrected chi connectivity index (χ2v) is 12.2. The van der Waals surface area contributed by atoms with Crippen LogP contribution in [0.2, 0.25) is 0 Å². The topological polar surface area (TPSA) is 211 Å². The summed E-state index contributed by atoms with van der Waals surface area (Å²) in [4.78, 5) is 66.0. The van der Waals surface area contributed by atoms with E-state index < -0.39 is 47.9 Å². The molecule has 3 amide bonds. The first-order valence-electron chi connectivity index (χ1n) is 15.6. The monoisotopic (exact) mass is 640 g/mol. The lowest BCUT2D eigenvalue weighted by Gasteiger charge is -2.26. The van der Waals surface area contributed by atoms with Crippen LogP contribution in [0.4, 0.5) is 0 Å². The molecule has 0 radical (unpaired) electrons. The summed E-state index contributed by atoms with van der Waals surface area (Å²) in [5, 5.41) is 19.9. The molecule has 13 heteroatoms. The third-order valence-corrected chi connectivity index (χ3v) is 8.12. The van der Waals surface area contributed by atoms with Crippen molar-refractivity contribution < 1.29 is 24.3 Å². The molecule has 0 spiro atoms. The number of nitrogens with zero attached hydrogens (tertiary/aromatic N) is 1. The van der Waals surface area contributed by atoms with E-state index in [2.05, 4.69) is 35.9 Å². The molecule has 5 aromatic rings. The molecule has 47 heavy (non-hydrogen) atoms. The lowest BCUT2D eigenvalue weighted by molar-refractivity contribution is -0.142. The lowest BCUT2D eigenvalue weighted by atomic mass is 9.99. The van der Waals surface area contributed by atoms with Gasteiger partial charge in [0.1, 0.15) is 18.1 Å². The predicted octanol–water partition coefficient (Wildman–Crippen LogP) is 2.31. The SMILES string of the molecule is CC(C)CC(NC(=O)C(N)Cc1c[nH]c2ccccc12)C(=O)NC(Cc1c[nH]c2ccccc12)C(=O)NC(Cc1cnc[nH]1)C(=O)O. The van der Waals surface area contributed by atoms with E-state index in [-0.39, 0.29) is 31.6 Å². The van der Waals surface area contributed by atoms with E-state index in [0.29, 0.717) is 5.69 Å². The second-order valence-electron chi connectivity index (χ2n) is 12.2. The number of para-hydroxylation sites is 2. The number of nitrogens with two attached hydrogens (primary N) is 1. The molecule has 9 N–H and O–H groups in total.